The zero-order chi connectivity index (χ0) is 15.1. The van der Waals surface area contributed by atoms with Gasteiger partial charge in [-0.15, -0.1) is 0 Å². The van der Waals surface area contributed by atoms with E-state index in [1.165, 1.54) is 0 Å². The van der Waals surface area contributed by atoms with Crippen molar-refractivity contribution >= 4 is 22.6 Å². The van der Waals surface area contributed by atoms with Gasteiger partial charge >= 0.3 is 0 Å². The fourth-order valence-electron chi connectivity index (χ4n) is 2.32. The molecule has 1 aromatic carbocycles. The molecule has 20 heavy (non-hydrogen) atoms. The van der Waals surface area contributed by atoms with Crippen molar-refractivity contribution in [1.82, 2.24) is 4.90 Å². The van der Waals surface area contributed by atoms with Crippen LogP contribution in [0.15, 0.2) is 24.3 Å². The van der Waals surface area contributed by atoms with Gasteiger partial charge in [0.2, 0.25) is 0 Å². The highest BCUT2D eigenvalue weighted by Crippen LogP contribution is 2.32. The van der Waals surface area contributed by atoms with E-state index in [1.54, 1.807) is 7.11 Å². The molecule has 0 aliphatic heterocycles. The van der Waals surface area contributed by atoms with Gasteiger partial charge in [-0.05, 0) is 56.4 Å². The Hall–Kier alpha value is -0.330. The average molecular weight is 391 g/mol. The fraction of sp³-hybridized carbons (Fsp3) is 0.625. The Kier molecular flexibility index (Phi) is 7.84. The minimum absolute atomic E-state index is 0.0184. The van der Waals surface area contributed by atoms with E-state index >= 15 is 0 Å². The standard InChI is InChI=1S/C16H26INO2/c1-12(2)18(13(3)4)10-11-20-16(17)14-8-6-7-9-15(14)19-5/h6-9,12-13,16H,10-11H2,1-5H3. The molecule has 0 spiro atoms. The van der Waals surface area contributed by atoms with E-state index in [4.69, 9.17) is 9.47 Å². The quantitative estimate of drug-likeness (QED) is 0.488. The second kappa shape index (κ2) is 8.85. The van der Waals surface area contributed by atoms with Crippen LogP contribution < -0.4 is 4.74 Å². The van der Waals surface area contributed by atoms with E-state index in [-0.39, 0.29) is 4.11 Å². The molecule has 0 amide bonds. The maximum atomic E-state index is 5.97. The van der Waals surface area contributed by atoms with Gasteiger partial charge in [-0.25, -0.2) is 0 Å². The lowest BCUT2D eigenvalue weighted by Gasteiger charge is -2.30. The topological polar surface area (TPSA) is 21.7 Å². The number of ether oxygens (including phenoxy) is 2. The molecule has 0 aliphatic carbocycles. The number of hydrogen-bond acceptors (Lipinski definition) is 3. The SMILES string of the molecule is COc1ccccc1C(I)OCCN(C(C)C)C(C)C. The third-order valence-corrected chi connectivity index (χ3v) is 4.35. The molecule has 1 unspecified atom stereocenters. The van der Waals surface area contributed by atoms with E-state index in [1.807, 2.05) is 18.2 Å². The smallest absolute Gasteiger partial charge is 0.137 e. The predicted molar refractivity (Wildman–Crippen MR) is 92.7 cm³/mol. The highest BCUT2D eigenvalue weighted by atomic mass is 127. The molecule has 4 heteroatoms. The van der Waals surface area contributed by atoms with Crippen LogP contribution in [0.1, 0.15) is 37.4 Å². The molecule has 0 saturated heterocycles. The molecule has 0 N–H and O–H groups in total. The lowest BCUT2D eigenvalue weighted by atomic mass is 10.2. The van der Waals surface area contributed by atoms with Crippen LogP contribution in [-0.4, -0.2) is 37.2 Å². The normalized spacial score (nSPS) is 13.2. The Bertz CT molecular complexity index is 388. The van der Waals surface area contributed by atoms with Crippen LogP contribution in [0, 0.1) is 0 Å². The van der Waals surface area contributed by atoms with Crippen molar-refractivity contribution in [3.63, 3.8) is 0 Å². The zero-order valence-electron chi connectivity index (χ0n) is 13.1. The molecule has 0 saturated carbocycles. The number of hydrogen-bond donors (Lipinski definition) is 0. The van der Waals surface area contributed by atoms with E-state index in [0.717, 1.165) is 24.5 Å². The molecule has 3 nitrogen and oxygen atoms in total. The van der Waals surface area contributed by atoms with E-state index in [2.05, 4.69) is 61.3 Å². The summed E-state index contributed by atoms with van der Waals surface area (Å²) in [6.45, 7) is 10.6. The minimum Gasteiger partial charge on any atom is -0.496 e. The third-order valence-electron chi connectivity index (χ3n) is 3.32. The van der Waals surface area contributed by atoms with Gasteiger partial charge in [0.05, 0.1) is 13.7 Å². The van der Waals surface area contributed by atoms with Crippen LogP contribution in [0.3, 0.4) is 0 Å². The number of rotatable bonds is 8. The van der Waals surface area contributed by atoms with Gasteiger partial charge in [0.25, 0.3) is 0 Å². The second-order valence-corrected chi connectivity index (χ2v) is 6.49. The Labute approximate surface area is 136 Å². The fourth-order valence-corrected chi connectivity index (χ4v) is 3.09. The maximum Gasteiger partial charge on any atom is 0.137 e. The molecule has 1 atom stereocenters. The van der Waals surface area contributed by atoms with E-state index in [9.17, 15) is 0 Å². The van der Waals surface area contributed by atoms with Gasteiger partial charge < -0.3 is 9.47 Å². The summed E-state index contributed by atoms with van der Waals surface area (Å²) in [7, 11) is 1.70. The first kappa shape index (κ1) is 17.7. The molecule has 0 aliphatic rings. The molecule has 114 valence electrons. The second-order valence-electron chi connectivity index (χ2n) is 5.35. The van der Waals surface area contributed by atoms with Crippen molar-refractivity contribution in [3.05, 3.63) is 29.8 Å². The van der Waals surface area contributed by atoms with Crippen LogP contribution in [0.5, 0.6) is 5.75 Å². The van der Waals surface area contributed by atoms with Crippen molar-refractivity contribution in [2.75, 3.05) is 20.3 Å². The molecule has 0 radical (unpaired) electrons. The Morgan fingerprint density at radius 1 is 1.10 bits per heavy atom. The van der Waals surface area contributed by atoms with Gasteiger partial charge in [-0.3, -0.25) is 4.90 Å². The van der Waals surface area contributed by atoms with Gasteiger partial charge in [-0.1, -0.05) is 18.2 Å². The van der Waals surface area contributed by atoms with Crippen molar-refractivity contribution in [2.24, 2.45) is 0 Å². The van der Waals surface area contributed by atoms with Crippen LogP contribution in [-0.2, 0) is 4.74 Å². The molecule has 0 bridgehead atoms. The molecule has 0 heterocycles. The summed E-state index contributed by atoms with van der Waals surface area (Å²) in [5, 5.41) is 0. The minimum atomic E-state index is 0.0184. The summed E-state index contributed by atoms with van der Waals surface area (Å²) in [6.07, 6.45) is 0. The predicted octanol–water partition coefficient (Wildman–Crippen LogP) is 4.26. The summed E-state index contributed by atoms with van der Waals surface area (Å²) in [4.78, 5) is 2.44. The van der Waals surface area contributed by atoms with Crippen molar-refractivity contribution in [1.29, 1.82) is 0 Å². The molecule has 0 fully saturated rings. The average Bonchev–Trinajstić information content (AvgIpc) is 2.42. The van der Waals surface area contributed by atoms with E-state index in [0.29, 0.717) is 12.1 Å². The Balaban J connectivity index is 2.53. The van der Waals surface area contributed by atoms with Gasteiger partial charge in [0, 0.05) is 24.2 Å². The molecular formula is C16H26INO2. The van der Waals surface area contributed by atoms with Crippen LogP contribution in [0.2, 0.25) is 0 Å². The molecular weight excluding hydrogens is 365 g/mol. The first-order valence-electron chi connectivity index (χ1n) is 7.11. The number of methoxy groups -OCH3 is 1. The summed E-state index contributed by atoms with van der Waals surface area (Å²) in [6, 6.07) is 9.10. The van der Waals surface area contributed by atoms with Gasteiger partial charge in [0.15, 0.2) is 0 Å². The number of benzene rings is 1. The number of para-hydroxylation sites is 1. The van der Waals surface area contributed by atoms with Crippen LogP contribution >= 0.6 is 22.6 Å². The molecule has 1 rings (SSSR count). The molecule has 0 aromatic heterocycles. The highest BCUT2D eigenvalue weighted by Gasteiger charge is 2.16. The maximum absolute atomic E-state index is 5.97. The summed E-state index contributed by atoms with van der Waals surface area (Å²) >= 11 is 2.32. The van der Waals surface area contributed by atoms with Gasteiger partial charge in [-0.2, -0.15) is 0 Å². The van der Waals surface area contributed by atoms with Crippen molar-refractivity contribution in [2.45, 2.75) is 43.9 Å². The van der Waals surface area contributed by atoms with Crippen molar-refractivity contribution < 1.29 is 9.47 Å². The number of alkyl halides is 1. The van der Waals surface area contributed by atoms with Crippen LogP contribution in [0.4, 0.5) is 0 Å². The zero-order valence-corrected chi connectivity index (χ0v) is 15.3. The van der Waals surface area contributed by atoms with E-state index < -0.39 is 0 Å². The highest BCUT2D eigenvalue weighted by molar-refractivity contribution is 14.1. The van der Waals surface area contributed by atoms with Gasteiger partial charge in [0.1, 0.15) is 9.86 Å². The first-order valence-corrected chi connectivity index (χ1v) is 8.36. The summed E-state index contributed by atoms with van der Waals surface area (Å²) in [5.74, 6) is 0.886. The first-order chi connectivity index (χ1) is 9.47. The lowest BCUT2D eigenvalue weighted by Crippen LogP contribution is -2.39. The number of nitrogens with zero attached hydrogens (tertiary/aromatic N) is 1. The molecule has 1 aromatic rings. The Morgan fingerprint density at radius 3 is 2.25 bits per heavy atom. The third kappa shape index (κ3) is 5.22. The summed E-state index contributed by atoms with van der Waals surface area (Å²) in [5.41, 5.74) is 1.09. The monoisotopic (exact) mass is 391 g/mol. The van der Waals surface area contributed by atoms with Crippen molar-refractivity contribution in [3.8, 4) is 5.75 Å². The Morgan fingerprint density at radius 2 is 1.70 bits per heavy atom. The largest absolute Gasteiger partial charge is 0.496 e. The van der Waals surface area contributed by atoms with Crippen LogP contribution in [0.25, 0.3) is 0 Å². The number of halogens is 1. The summed E-state index contributed by atoms with van der Waals surface area (Å²) < 4.78 is 11.4. The lowest BCUT2D eigenvalue weighted by molar-refractivity contribution is 0.0711.